The van der Waals surface area contributed by atoms with Crippen LogP contribution in [0.4, 0.5) is 0 Å². The second kappa shape index (κ2) is 7.77. The molecule has 1 aromatic rings. The smallest absolute Gasteiger partial charge is 0.123 e. The maximum Gasteiger partial charge on any atom is 0.123 e. The maximum atomic E-state index is 5.91. The van der Waals surface area contributed by atoms with Gasteiger partial charge in [-0.25, -0.2) is 0 Å². The van der Waals surface area contributed by atoms with Crippen molar-refractivity contribution in [3.63, 3.8) is 0 Å². The minimum Gasteiger partial charge on any atom is -0.496 e. The fraction of sp³-hybridized carbons (Fsp3) is 0.400. The fourth-order valence-electron chi connectivity index (χ4n) is 1.23. The van der Waals surface area contributed by atoms with Gasteiger partial charge in [-0.15, -0.1) is 24.8 Å². The predicted octanol–water partition coefficient (Wildman–Crippen LogP) is 1.89. The van der Waals surface area contributed by atoms with Gasteiger partial charge >= 0.3 is 0 Å². The molecule has 1 rings (SSSR count). The summed E-state index contributed by atoms with van der Waals surface area (Å²) >= 11 is 0. The summed E-state index contributed by atoms with van der Waals surface area (Å²) in [7, 11) is 1.63. The average Bonchev–Trinajstić information content (AvgIpc) is 2.16. The molecular formula is C10H18Cl2N2O. The Morgan fingerprint density at radius 2 is 1.67 bits per heavy atom. The average molecular weight is 253 g/mol. The minimum absolute atomic E-state index is 0. The molecule has 0 saturated heterocycles. The largest absolute Gasteiger partial charge is 0.496 e. The van der Waals surface area contributed by atoms with E-state index in [1.165, 1.54) is 0 Å². The van der Waals surface area contributed by atoms with Gasteiger partial charge in [0, 0.05) is 17.6 Å². The number of benzene rings is 1. The van der Waals surface area contributed by atoms with E-state index in [-0.39, 0.29) is 36.9 Å². The summed E-state index contributed by atoms with van der Waals surface area (Å²) < 4.78 is 5.18. The van der Waals surface area contributed by atoms with Gasteiger partial charge in [0.2, 0.25) is 0 Å². The lowest BCUT2D eigenvalue weighted by atomic mass is 10.0. The third-order valence-electron chi connectivity index (χ3n) is 2.06. The summed E-state index contributed by atoms with van der Waals surface area (Å²) in [6.45, 7) is 1.89. The Labute approximate surface area is 103 Å². The summed E-state index contributed by atoms with van der Waals surface area (Å²) in [6.07, 6.45) is 0. The molecule has 15 heavy (non-hydrogen) atoms. The number of hydrogen-bond donors (Lipinski definition) is 2. The van der Waals surface area contributed by atoms with E-state index in [9.17, 15) is 0 Å². The Morgan fingerprint density at radius 1 is 1.13 bits per heavy atom. The summed E-state index contributed by atoms with van der Waals surface area (Å²) in [5.74, 6) is 0.798. The van der Waals surface area contributed by atoms with E-state index < -0.39 is 0 Å². The Kier molecular flexibility index (Phi) is 8.77. The molecule has 0 spiro atoms. The monoisotopic (exact) mass is 252 g/mol. The fourth-order valence-corrected chi connectivity index (χ4v) is 1.23. The van der Waals surface area contributed by atoms with E-state index >= 15 is 0 Å². The van der Waals surface area contributed by atoms with E-state index in [2.05, 4.69) is 0 Å². The van der Waals surface area contributed by atoms with Crippen LogP contribution in [0.15, 0.2) is 24.3 Å². The number of rotatable bonds is 3. The standard InChI is InChI=1S/C10H16N2O.2ClH/c1-7(11)10(12)8-5-3-4-6-9(8)13-2;;/h3-7,10H,11-12H2,1-2H3;2*1H. The van der Waals surface area contributed by atoms with Crippen molar-refractivity contribution in [3.05, 3.63) is 29.8 Å². The minimum atomic E-state index is -0.170. The third kappa shape index (κ3) is 4.26. The molecule has 0 amide bonds. The van der Waals surface area contributed by atoms with Crippen molar-refractivity contribution in [3.8, 4) is 5.75 Å². The second-order valence-electron chi connectivity index (χ2n) is 3.13. The van der Waals surface area contributed by atoms with Gasteiger partial charge in [-0.2, -0.15) is 0 Å². The van der Waals surface area contributed by atoms with Crippen molar-refractivity contribution in [1.82, 2.24) is 0 Å². The zero-order valence-corrected chi connectivity index (χ0v) is 10.5. The van der Waals surface area contributed by atoms with Crippen LogP contribution in [0, 0.1) is 0 Å². The molecule has 0 heterocycles. The van der Waals surface area contributed by atoms with Gasteiger partial charge in [-0.3, -0.25) is 0 Å². The van der Waals surface area contributed by atoms with Crippen LogP contribution in [0.3, 0.4) is 0 Å². The highest BCUT2D eigenvalue weighted by Gasteiger charge is 2.14. The van der Waals surface area contributed by atoms with Crippen LogP contribution in [0.25, 0.3) is 0 Å². The highest BCUT2D eigenvalue weighted by atomic mass is 35.5. The van der Waals surface area contributed by atoms with Crippen LogP contribution in [0.5, 0.6) is 5.75 Å². The molecule has 0 aliphatic rings. The first-order valence-electron chi connectivity index (χ1n) is 4.31. The SMILES string of the molecule is COc1ccccc1C(N)C(C)N.Cl.Cl. The van der Waals surface area contributed by atoms with Crippen LogP contribution >= 0.6 is 24.8 Å². The number of halogens is 2. The van der Waals surface area contributed by atoms with E-state index in [4.69, 9.17) is 16.2 Å². The van der Waals surface area contributed by atoms with Crippen molar-refractivity contribution in [2.24, 2.45) is 11.5 Å². The van der Waals surface area contributed by atoms with Gasteiger partial charge in [0.15, 0.2) is 0 Å². The molecule has 0 fully saturated rings. The Balaban J connectivity index is 0. The Hall–Kier alpha value is -0.480. The lowest BCUT2D eigenvalue weighted by Gasteiger charge is -2.18. The van der Waals surface area contributed by atoms with Gasteiger partial charge in [0.1, 0.15) is 5.75 Å². The van der Waals surface area contributed by atoms with Crippen molar-refractivity contribution in [1.29, 1.82) is 0 Å². The van der Waals surface area contributed by atoms with Crippen LogP contribution in [-0.2, 0) is 0 Å². The third-order valence-corrected chi connectivity index (χ3v) is 2.06. The Morgan fingerprint density at radius 3 is 2.13 bits per heavy atom. The zero-order valence-electron chi connectivity index (χ0n) is 8.84. The lowest BCUT2D eigenvalue weighted by molar-refractivity contribution is 0.402. The van der Waals surface area contributed by atoms with Crippen LogP contribution in [-0.4, -0.2) is 13.2 Å². The molecule has 88 valence electrons. The molecule has 0 radical (unpaired) electrons. The predicted molar refractivity (Wildman–Crippen MR) is 68.1 cm³/mol. The number of hydrogen-bond acceptors (Lipinski definition) is 3. The lowest BCUT2D eigenvalue weighted by Crippen LogP contribution is -2.31. The van der Waals surface area contributed by atoms with Crippen molar-refractivity contribution in [2.45, 2.75) is 19.0 Å². The van der Waals surface area contributed by atoms with Gasteiger partial charge in [0.25, 0.3) is 0 Å². The molecule has 0 aliphatic heterocycles. The first-order chi connectivity index (χ1) is 6.16. The summed E-state index contributed by atoms with van der Waals surface area (Å²) in [5.41, 5.74) is 12.6. The second-order valence-corrected chi connectivity index (χ2v) is 3.13. The maximum absolute atomic E-state index is 5.91. The molecule has 4 N–H and O–H groups in total. The number of para-hydroxylation sites is 1. The molecular weight excluding hydrogens is 235 g/mol. The molecule has 0 saturated carbocycles. The number of nitrogens with two attached hydrogens (primary N) is 2. The molecule has 0 bridgehead atoms. The van der Waals surface area contributed by atoms with Gasteiger partial charge in [-0.1, -0.05) is 18.2 Å². The van der Waals surface area contributed by atoms with Gasteiger partial charge in [0.05, 0.1) is 7.11 Å². The van der Waals surface area contributed by atoms with E-state index in [1.807, 2.05) is 31.2 Å². The van der Waals surface area contributed by atoms with Gasteiger partial charge < -0.3 is 16.2 Å². The van der Waals surface area contributed by atoms with E-state index in [0.717, 1.165) is 11.3 Å². The Bertz CT molecular complexity index is 282. The summed E-state index contributed by atoms with van der Waals surface area (Å²) in [6, 6.07) is 7.42. The molecule has 2 atom stereocenters. The molecule has 2 unspecified atom stereocenters. The van der Waals surface area contributed by atoms with E-state index in [0.29, 0.717) is 0 Å². The quantitative estimate of drug-likeness (QED) is 0.864. The first-order valence-corrected chi connectivity index (χ1v) is 4.31. The van der Waals surface area contributed by atoms with Crippen LogP contribution in [0.2, 0.25) is 0 Å². The van der Waals surface area contributed by atoms with Crippen molar-refractivity contribution in [2.75, 3.05) is 7.11 Å². The molecule has 3 nitrogen and oxygen atoms in total. The van der Waals surface area contributed by atoms with Gasteiger partial charge in [-0.05, 0) is 13.0 Å². The summed E-state index contributed by atoms with van der Waals surface area (Å²) in [5, 5.41) is 0. The normalized spacial score (nSPS) is 13.1. The highest BCUT2D eigenvalue weighted by Crippen LogP contribution is 2.24. The molecule has 1 aromatic carbocycles. The van der Waals surface area contributed by atoms with Crippen LogP contribution in [0.1, 0.15) is 18.5 Å². The zero-order chi connectivity index (χ0) is 9.84. The summed E-state index contributed by atoms with van der Waals surface area (Å²) in [4.78, 5) is 0. The van der Waals surface area contributed by atoms with Crippen molar-refractivity contribution >= 4 is 24.8 Å². The highest BCUT2D eigenvalue weighted by molar-refractivity contribution is 5.85. The topological polar surface area (TPSA) is 61.3 Å². The first kappa shape index (κ1) is 16.9. The van der Waals surface area contributed by atoms with Crippen LogP contribution < -0.4 is 16.2 Å². The number of methoxy groups -OCH3 is 1. The van der Waals surface area contributed by atoms with E-state index in [1.54, 1.807) is 7.11 Å². The number of ether oxygens (including phenoxy) is 1. The van der Waals surface area contributed by atoms with Crippen molar-refractivity contribution < 1.29 is 4.74 Å². The molecule has 0 aliphatic carbocycles. The molecule has 5 heteroatoms. The molecule has 0 aromatic heterocycles.